The summed E-state index contributed by atoms with van der Waals surface area (Å²) >= 11 is 3.15. The summed E-state index contributed by atoms with van der Waals surface area (Å²) in [4.78, 5) is 25.5. The van der Waals surface area contributed by atoms with Crippen molar-refractivity contribution in [3.8, 4) is 10.4 Å². The Morgan fingerprint density at radius 1 is 1.33 bits per heavy atom. The Labute approximate surface area is 166 Å². The van der Waals surface area contributed by atoms with E-state index in [4.69, 9.17) is 4.74 Å². The molecular formula is C20H21N3O2S2. The number of aromatic nitrogens is 2. The number of rotatable bonds is 5. The molecule has 3 heterocycles. The molecule has 0 N–H and O–H groups in total. The largest absolute Gasteiger partial charge is 0.375 e. The van der Waals surface area contributed by atoms with Gasteiger partial charge < -0.3 is 9.64 Å². The van der Waals surface area contributed by atoms with Gasteiger partial charge in [0.1, 0.15) is 16.2 Å². The number of morpholine rings is 1. The molecule has 1 saturated heterocycles. The second kappa shape index (κ2) is 8.37. The number of benzene rings is 1. The Hall–Kier alpha value is -1.96. The van der Waals surface area contributed by atoms with Crippen LogP contribution in [0.3, 0.4) is 0 Å². The predicted molar refractivity (Wildman–Crippen MR) is 110 cm³/mol. The van der Waals surface area contributed by atoms with E-state index >= 15 is 0 Å². The van der Waals surface area contributed by atoms with Crippen LogP contribution < -0.4 is 0 Å². The van der Waals surface area contributed by atoms with Gasteiger partial charge in [-0.1, -0.05) is 49.0 Å². The van der Waals surface area contributed by atoms with Crippen molar-refractivity contribution in [2.24, 2.45) is 0 Å². The number of ether oxygens (including phenoxy) is 1. The van der Waals surface area contributed by atoms with Crippen LogP contribution in [0.1, 0.15) is 13.3 Å². The molecule has 2 aromatic heterocycles. The Bertz CT molecular complexity index is 929. The number of hydrogen-bond acceptors (Lipinski definition) is 6. The highest BCUT2D eigenvalue weighted by Gasteiger charge is 2.23. The third kappa shape index (κ3) is 4.15. The van der Waals surface area contributed by atoms with Crippen molar-refractivity contribution in [2.75, 3.05) is 25.4 Å². The van der Waals surface area contributed by atoms with E-state index in [1.54, 1.807) is 17.7 Å². The Balaban J connectivity index is 1.49. The molecule has 1 fully saturated rings. The molecule has 3 aromatic rings. The average molecular weight is 400 g/mol. The highest BCUT2D eigenvalue weighted by molar-refractivity contribution is 8.00. The molecule has 1 amide bonds. The maximum absolute atomic E-state index is 12.6. The fourth-order valence-electron chi connectivity index (χ4n) is 3.11. The lowest BCUT2D eigenvalue weighted by Gasteiger charge is -2.32. The van der Waals surface area contributed by atoms with E-state index in [1.165, 1.54) is 22.2 Å². The van der Waals surface area contributed by atoms with Crippen LogP contribution in [0.5, 0.6) is 0 Å². The molecule has 1 aromatic carbocycles. The van der Waals surface area contributed by atoms with E-state index < -0.39 is 0 Å². The number of carbonyl (C=O) groups is 1. The normalized spacial score (nSPS) is 17.4. The zero-order valence-electron chi connectivity index (χ0n) is 15.1. The van der Waals surface area contributed by atoms with Gasteiger partial charge >= 0.3 is 0 Å². The van der Waals surface area contributed by atoms with Gasteiger partial charge in [0, 0.05) is 23.4 Å². The average Bonchev–Trinajstić information content (AvgIpc) is 3.17. The molecule has 4 rings (SSSR count). The Morgan fingerprint density at radius 3 is 3.00 bits per heavy atom. The van der Waals surface area contributed by atoms with Gasteiger partial charge in [0.2, 0.25) is 5.91 Å². The van der Waals surface area contributed by atoms with Crippen LogP contribution in [0.2, 0.25) is 0 Å². The highest BCUT2D eigenvalue weighted by Crippen LogP contribution is 2.36. The van der Waals surface area contributed by atoms with Crippen molar-refractivity contribution >= 4 is 39.2 Å². The number of thioether (sulfide) groups is 1. The first-order valence-electron chi connectivity index (χ1n) is 9.06. The number of fused-ring (bicyclic) bond motifs is 1. The van der Waals surface area contributed by atoms with Gasteiger partial charge in [-0.2, -0.15) is 0 Å². The lowest BCUT2D eigenvalue weighted by Crippen LogP contribution is -2.46. The van der Waals surface area contributed by atoms with Crippen molar-refractivity contribution in [3.05, 3.63) is 42.7 Å². The summed E-state index contributed by atoms with van der Waals surface area (Å²) in [6.45, 7) is 4.07. The maximum atomic E-state index is 12.6. The molecule has 1 unspecified atom stereocenters. The van der Waals surface area contributed by atoms with Crippen LogP contribution in [0, 0.1) is 0 Å². The first kappa shape index (κ1) is 18.4. The van der Waals surface area contributed by atoms with Crippen molar-refractivity contribution in [1.29, 1.82) is 0 Å². The molecule has 1 aliphatic rings. The lowest BCUT2D eigenvalue weighted by molar-refractivity contribution is -0.135. The Morgan fingerprint density at radius 2 is 2.19 bits per heavy atom. The molecule has 0 spiro atoms. The first-order valence-corrected chi connectivity index (χ1v) is 10.9. The zero-order valence-corrected chi connectivity index (χ0v) is 16.8. The monoisotopic (exact) mass is 399 g/mol. The van der Waals surface area contributed by atoms with Crippen LogP contribution >= 0.6 is 23.1 Å². The summed E-state index contributed by atoms with van der Waals surface area (Å²) in [5.41, 5.74) is 1.17. The quantitative estimate of drug-likeness (QED) is 0.478. The second-order valence-electron chi connectivity index (χ2n) is 6.40. The van der Waals surface area contributed by atoms with Crippen LogP contribution in [0.15, 0.2) is 47.8 Å². The van der Waals surface area contributed by atoms with Gasteiger partial charge in [-0.15, -0.1) is 11.3 Å². The fraction of sp³-hybridized carbons (Fsp3) is 0.350. The van der Waals surface area contributed by atoms with Crippen LogP contribution in [-0.2, 0) is 9.53 Å². The minimum atomic E-state index is 0.145. The van der Waals surface area contributed by atoms with E-state index in [0.29, 0.717) is 25.4 Å². The fourth-order valence-corrected chi connectivity index (χ4v) is 5.05. The molecule has 0 saturated carbocycles. The van der Waals surface area contributed by atoms with E-state index in [2.05, 4.69) is 35.1 Å². The SMILES string of the molecule is CCC1CN(C(=O)CSc2ncnc3sc(-c4ccccc4)cc23)CCO1. The summed E-state index contributed by atoms with van der Waals surface area (Å²) in [5, 5.41) is 1.89. The number of hydrogen-bond donors (Lipinski definition) is 0. The molecule has 0 aliphatic carbocycles. The van der Waals surface area contributed by atoms with Crippen molar-refractivity contribution < 1.29 is 9.53 Å². The molecular weight excluding hydrogens is 378 g/mol. The standard InChI is InChI=1S/C20H21N3O2S2/c1-2-15-11-23(8-9-25-15)18(24)12-26-19-16-10-17(14-6-4-3-5-7-14)27-20(16)22-13-21-19/h3-7,10,13,15H,2,8-9,11-12H2,1H3. The number of thiophene rings is 1. The molecule has 0 radical (unpaired) electrons. The Kier molecular flexibility index (Phi) is 5.71. The van der Waals surface area contributed by atoms with Gasteiger partial charge in [0.05, 0.1) is 18.5 Å². The summed E-state index contributed by atoms with van der Waals surface area (Å²) in [6, 6.07) is 12.4. The summed E-state index contributed by atoms with van der Waals surface area (Å²) in [7, 11) is 0. The predicted octanol–water partition coefficient (Wildman–Crippen LogP) is 4.09. The van der Waals surface area contributed by atoms with Crippen molar-refractivity contribution in [1.82, 2.24) is 14.9 Å². The number of nitrogens with zero attached hydrogens (tertiary/aromatic N) is 3. The molecule has 7 heteroatoms. The van der Waals surface area contributed by atoms with E-state index in [1.807, 2.05) is 23.1 Å². The topological polar surface area (TPSA) is 55.3 Å². The molecule has 27 heavy (non-hydrogen) atoms. The van der Waals surface area contributed by atoms with Crippen LogP contribution in [0.4, 0.5) is 0 Å². The third-order valence-electron chi connectivity index (χ3n) is 4.63. The number of carbonyl (C=O) groups excluding carboxylic acids is 1. The molecule has 0 bridgehead atoms. The second-order valence-corrected chi connectivity index (χ2v) is 8.40. The van der Waals surface area contributed by atoms with Gasteiger partial charge in [-0.3, -0.25) is 4.79 Å². The molecule has 5 nitrogen and oxygen atoms in total. The summed E-state index contributed by atoms with van der Waals surface area (Å²) in [6.07, 6.45) is 2.67. The van der Waals surface area contributed by atoms with Crippen molar-refractivity contribution in [2.45, 2.75) is 24.5 Å². The lowest BCUT2D eigenvalue weighted by atomic mass is 10.2. The van der Waals surface area contributed by atoms with Crippen LogP contribution in [-0.4, -0.2) is 52.3 Å². The highest BCUT2D eigenvalue weighted by atomic mass is 32.2. The molecule has 140 valence electrons. The number of amides is 1. The van der Waals surface area contributed by atoms with Gasteiger partial charge in [-0.25, -0.2) is 9.97 Å². The van der Waals surface area contributed by atoms with Gasteiger partial charge in [0.15, 0.2) is 0 Å². The van der Waals surface area contributed by atoms with Crippen molar-refractivity contribution in [3.63, 3.8) is 0 Å². The smallest absolute Gasteiger partial charge is 0.233 e. The maximum Gasteiger partial charge on any atom is 0.233 e. The van der Waals surface area contributed by atoms with Crippen LogP contribution in [0.25, 0.3) is 20.7 Å². The minimum absolute atomic E-state index is 0.145. The summed E-state index contributed by atoms with van der Waals surface area (Å²) < 4.78 is 5.65. The van der Waals surface area contributed by atoms with E-state index in [9.17, 15) is 4.79 Å². The minimum Gasteiger partial charge on any atom is -0.375 e. The van der Waals surface area contributed by atoms with Gasteiger partial charge in [0.25, 0.3) is 0 Å². The van der Waals surface area contributed by atoms with Gasteiger partial charge in [-0.05, 0) is 18.1 Å². The first-order chi connectivity index (χ1) is 13.2. The summed E-state index contributed by atoms with van der Waals surface area (Å²) in [5.74, 6) is 0.533. The van der Waals surface area contributed by atoms with E-state index in [0.717, 1.165) is 21.7 Å². The zero-order chi connectivity index (χ0) is 18.6. The molecule has 1 atom stereocenters. The molecule has 1 aliphatic heterocycles. The third-order valence-corrected chi connectivity index (χ3v) is 6.71. The van der Waals surface area contributed by atoms with E-state index in [-0.39, 0.29) is 12.0 Å².